The molecule has 1 aromatic rings. The first kappa shape index (κ1) is 25.5. The first-order valence-electron chi connectivity index (χ1n) is 7.14. The van der Waals surface area contributed by atoms with Crippen molar-refractivity contribution in [1.82, 2.24) is 4.97 Å². The monoisotopic (exact) mass is 1010 g/mol. The Morgan fingerprint density at radius 2 is 1.08 bits per heavy atom. The molecule has 1 aromatic carbocycles. The minimum absolute atomic E-state index is 0.000555. The highest BCUT2D eigenvalue weighted by atomic mass is 127. The number of quaternary nitrogens is 1. The minimum atomic E-state index is -0.356. The summed E-state index contributed by atoms with van der Waals surface area (Å²) < 4.78 is 4.62. The van der Waals surface area contributed by atoms with Crippen LogP contribution in [0.1, 0.15) is 33.3 Å². The Bertz CT molecular complexity index is 545. The SMILES string of the molecule is CCO[N+](OCC)(OCC)c1c(I)c(I)c(C(C)(I)I)c(I)c1I. The summed E-state index contributed by atoms with van der Waals surface area (Å²) in [5.41, 5.74) is 2.24. The third-order valence-corrected chi connectivity index (χ3v) is 10.3. The minimum Gasteiger partial charge on any atom is -0.126 e. The maximum absolute atomic E-state index is 5.97. The van der Waals surface area contributed by atoms with Crippen LogP contribution in [0.3, 0.4) is 0 Å². The number of nitrogens with zero attached hydrogens (tertiary/aromatic N) is 1. The van der Waals surface area contributed by atoms with Gasteiger partial charge in [0.1, 0.15) is 24.8 Å². The van der Waals surface area contributed by atoms with Gasteiger partial charge in [0.25, 0.3) is 5.69 Å². The third kappa shape index (κ3) is 5.74. The van der Waals surface area contributed by atoms with Crippen molar-refractivity contribution < 1.29 is 14.5 Å². The number of hydrogen-bond donors (Lipinski definition) is 0. The number of alkyl halides is 2. The first-order valence-corrected chi connectivity index (χ1v) is 13.6. The molecule has 0 spiro atoms. The Morgan fingerprint density at radius 1 is 0.750 bits per heavy atom. The summed E-state index contributed by atoms with van der Waals surface area (Å²) >= 11 is 14.6. The smallest absolute Gasteiger partial charge is 0.126 e. The molecule has 10 heteroatoms. The fourth-order valence-electron chi connectivity index (χ4n) is 2.06. The summed E-state index contributed by atoms with van der Waals surface area (Å²) in [6.07, 6.45) is 0. The van der Waals surface area contributed by atoms with Gasteiger partial charge in [-0.1, -0.05) is 45.2 Å². The fourth-order valence-corrected chi connectivity index (χ4v) is 10.0. The summed E-state index contributed by atoms with van der Waals surface area (Å²) in [7, 11) is 0. The lowest BCUT2D eigenvalue weighted by Gasteiger charge is -2.31. The summed E-state index contributed by atoms with van der Waals surface area (Å²) in [5.74, 6) is 0. The van der Waals surface area contributed by atoms with E-state index in [1.165, 1.54) is 12.7 Å². The van der Waals surface area contributed by atoms with Gasteiger partial charge in [0.2, 0.25) is 0 Å². The number of benzene rings is 1. The van der Waals surface area contributed by atoms with Gasteiger partial charge in [0.15, 0.2) is 0 Å². The molecule has 0 aromatic heterocycles. The first-order chi connectivity index (χ1) is 11.1. The Labute approximate surface area is 225 Å². The number of hydrogen-bond acceptors (Lipinski definition) is 3. The van der Waals surface area contributed by atoms with E-state index in [2.05, 4.69) is 142 Å². The summed E-state index contributed by atoms with van der Waals surface area (Å²) in [4.78, 5) is 17.5. The zero-order chi connectivity index (χ0) is 18.7. The maximum atomic E-state index is 5.97. The molecule has 0 amide bonds. The van der Waals surface area contributed by atoms with Crippen LogP contribution < -0.4 is 4.97 Å². The van der Waals surface area contributed by atoms with Gasteiger partial charge in [0, 0.05) is 12.7 Å². The molecule has 0 saturated heterocycles. The maximum Gasteiger partial charge on any atom is 0.266 e. The van der Waals surface area contributed by atoms with Crippen molar-refractivity contribution in [3.8, 4) is 0 Å². The molecule has 0 aliphatic heterocycles. The predicted molar refractivity (Wildman–Crippen MR) is 149 cm³/mol. The summed E-state index contributed by atoms with van der Waals surface area (Å²) in [5, 5.41) is 0. The van der Waals surface area contributed by atoms with Gasteiger partial charge in [-0.15, -0.1) is 14.5 Å². The Morgan fingerprint density at radius 3 is 1.33 bits per heavy atom. The molecule has 0 saturated carbocycles. The van der Waals surface area contributed by atoms with Crippen LogP contribution in [-0.4, -0.2) is 19.8 Å². The average molecular weight is 1010 g/mol. The molecular formula is C14H18I6NO3+. The summed E-state index contributed by atoms with van der Waals surface area (Å²) in [6.45, 7) is 9.51. The van der Waals surface area contributed by atoms with Crippen molar-refractivity contribution in [2.45, 2.75) is 29.1 Å². The normalized spacial score (nSPS) is 12.8. The molecule has 0 radical (unpaired) electrons. The molecule has 4 nitrogen and oxygen atoms in total. The average Bonchev–Trinajstić information content (AvgIpc) is 2.45. The molecule has 0 unspecified atom stereocenters. The molecule has 24 heavy (non-hydrogen) atoms. The van der Waals surface area contributed by atoms with Gasteiger partial charge < -0.3 is 0 Å². The van der Waals surface area contributed by atoms with E-state index >= 15 is 0 Å². The van der Waals surface area contributed by atoms with Crippen LogP contribution in [0.5, 0.6) is 0 Å². The van der Waals surface area contributed by atoms with E-state index < -0.39 is 0 Å². The molecule has 0 bridgehead atoms. The lowest BCUT2D eigenvalue weighted by Crippen LogP contribution is -2.50. The van der Waals surface area contributed by atoms with Crippen molar-refractivity contribution in [2.75, 3.05) is 19.8 Å². The molecule has 0 aliphatic rings. The Hall–Kier alpha value is 3.44. The van der Waals surface area contributed by atoms with Crippen LogP contribution in [0, 0.1) is 14.3 Å². The molecular weight excluding hydrogens is 992 g/mol. The van der Waals surface area contributed by atoms with Gasteiger partial charge in [-0.25, -0.2) is 0 Å². The second-order valence-corrected chi connectivity index (χ2v) is 15.3. The molecule has 0 aliphatic carbocycles. The number of rotatable bonds is 8. The van der Waals surface area contributed by atoms with Gasteiger partial charge in [-0.2, -0.15) is 0 Å². The fraction of sp³-hybridized carbons (Fsp3) is 0.571. The lowest BCUT2D eigenvalue weighted by molar-refractivity contribution is -0.505. The highest BCUT2D eigenvalue weighted by molar-refractivity contribution is 14.2. The summed E-state index contributed by atoms with van der Waals surface area (Å²) in [6, 6.07) is 0. The third-order valence-electron chi connectivity index (χ3n) is 2.85. The van der Waals surface area contributed by atoms with Crippen molar-refractivity contribution >= 4 is 141 Å². The molecule has 138 valence electrons. The van der Waals surface area contributed by atoms with E-state index in [4.69, 9.17) is 14.5 Å². The molecule has 0 N–H and O–H groups in total. The van der Waals surface area contributed by atoms with Gasteiger partial charge >= 0.3 is 0 Å². The van der Waals surface area contributed by atoms with Crippen molar-refractivity contribution in [3.63, 3.8) is 0 Å². The predicted octanol–water partition coefficient (Wildman–Crippen LogP) is 7.31. The number of halogens is 6. The highest BCUT2D eigenvalue weighted by Gasteiger charge is 2.45. The van der Waals surface area contributed by atoms with E-state index in [1.807, 2.05) is 20.8 Å². The van der Waals surface area contributed by atoms with E-state index in [1.54, 1.807) is 0 Å². The van der Waals surface area contributed by atoms with Gasteiger partial charge in [-0.3, -0.25) is 0 Å². The van der Waals surface area contributed by atoms with Crippen LogP contribution in [0.15, 0.2) is 0 Å². The van der Waals surface area contributed by atoms with Crippen molar-refractivity contribution in [3.05, 3.63) is 19.8 Å². The zero-order valence-electron chi connectivity index (χ0n) is 13.6. The molecule has 0 heterocycles. The highest BCUT2D eigenvalue weighted by Crippen LogP contribution is 2.49. The van der Waals surface area contributed by atoms with Gasteiger partial charge in [0.05, 0.1) is 8.57 Å². The van der Waals surface area contributed by atoms with E-state index in [0.29, 0.717) is 19.8 Å². The second-order valence-electron chi connectivity index (χ2n) is 4.62. The molecule has 0 atom stereocenters. The van der Waals surface area contributed by atoms with Crippen molar-refractivity contribution in [2.24, 2.45) is 0 Å². The van der Waals surface area contributed by atoms with Crippen LogP contribution in [0.2, 0.25) is 0 Å². The van der Waals surface area contributed by atoms with Crippen LogP contribution in [-0.2, 0) is 15.9 Å². The topological polar surface area (TPSA) is 27.7 Å². The Kier molecular flexibility index (Phi) is 11.7. The van der Waals surface area contributed by atoms with Crippen LogP contribution in [0.4, 0.5) is 5.69 Å². The van der Waals surface area contributed by atoms with E-state index in [9.17, 15) is 0 Å². The van der Waals surface area contributed by atoms with Crippen LogP contribution in [0.25, 0.3) is 0 Å². The second kappa shape index (κ2) is 11.0. The largest absolute Gasteiger partial charge is 0.266 e. The molecule has 1 rings (SSSR count). The molecule has 0 fully saturated rings. The van der Waals surface area contributed by atoms with Crippen molar-refractivity contribution in [1.29, 1.82) is 0 Å². The van der Waals surface area contributed by atoms with Crippen LogP contribution >= 0.6 is 136 Å². The van der Waals surface area contributed by atoms with Gasteiger partial charge in [-0.05, 0) is 118 Å². The zero-order valence-corrected chi connectivity index (χ0v) is 26.5. The Balaban J connectivity index is 3.80. The standard InChI is InChI=1S/C14H18I6NO3/c1-5-22-21(23-6-2,24-7-3)13-11(17)9(15)8(14(4,19)20)10(16)12(13)18/h5-7H2,1-4H3/q+1. The quantitative estimate of drug-likeness (QED) is 0.0901. The lowest BCUT2D eigenvalue weighted by atomic mass is 10.1. The van der Waals surface area contributed by atoms with E-state index in [-0.39, 0.29) is 6.40 Å². The van der Waals surface area contributed by atoms with E-state index in [0.717, 1.165) is 12.8 Å².